The maximum Gasteiger partial charge on any atom is 0.0725 e. The third-order valence-electron chi connectivity index (χ3n) is 3.10. The van der Waals surface area contributed by atoms with E-state index in [-0.39, 0.29) is 0 Å². The lowest BCUT2D eigenvalue weighted by Gasteiger charge is -2.28. The van der Waals surface area contributed by atoms with E-state index in [2.05, 4.69) is 46.9 Å². The zero-order chi connectivity index (χ0) is 13.3. The van der Waals surface area contributed by atoms with Gasteiger partial charge in [-0.1, -0.05) is 48.0 Å². The molecule has 0 aliphatic rings. The number of ether oxygens (including phenoxy) is 1. The van der Waals surface area contributed by atoms with Gasteiger partial charge in [0.1, 0.15) is 0 Å². The lowest BCUT2D eigenvalue weighted by atomic mass is 9.93. The van der Waals surface area contributed by atoms with Gasteiger partial charge in [-0.25, -0.2) is 0 Å². The largest absolute Gasteiger partial charge is 0.377 e. The number of nitrogens with one attached hydrogen (secondary N) is 1. The quantitative estimate of drug-likeness (QED) is 0.661. The van der Waals surface area contributed by atoms with Crippen LogP contribution in [0.15, 0.2) is 0 Å². The van der Waals surface area contributed by atoms with Crippen LogP contribution in [0.25, 0.3) is 0 Å². The summed E-state index contributed by atoms with van der Waals surface area (Å²) in [5, 5.41) is 3.56. The summed E-state index contributed by atoms with van der Waals surface area (Å²) in [7, 11) is 0. The predicted molar refractivity (Wildman–Crippen MR) is 76.5 cm³/mol. The van der Waals surface area contributed by atoms with Crippen molar-refractivity contribution < 1.29 is 4.74 Å². The molecule has 17 heavy (non-hydrogen) atoms. The van der Waals surface area contributed by atoms with E-state index < -0.39 is 0 Å². The molecule has 0 heterocycles. The Labute approximate surface area is 109 Å². The number of rotatable bonds is 9. The summed E-state index contributed by atoms with van der Waals surface area (Å²) in [6.07, 6.45) is 5.03. The molecule has 0 spiro atoms. The minimum Gasteiger partial charge on any atom is -0.377 e. The van der Waals surface area contributed by atoms with E-state index in [1.54, 1.807) is 0 Å². The van der Waals surface area contributed by atoms with Crippen molar-refractivity contribution in [3.8, 4) is 0 Å². The fourth-order valence-electron chi connectivity index (χ4n) is 2.03. The summed E-state index contributed by atoms with van der Waals surface area (Å²) in [6, 6.07) is 0.523. The molecule has 2 unspecified atom stereocenters. The van der Waals surface area contributed by atoms with Crippen molar-refractivity contribution in [1.29, 1.82) is 0 Å². The summed E-state index contributed by atoms with van der Waals surface area (Å²) in [5.41, 5.74) is 0.372. The van der Waals surface area contributed by atoms with Gasteiger partial charge in [0, 0.05) is 12.6 Å². The van der Waals surface area contributed by atoms with Crippen LogP contribution in [0.5, 0.6) is 0 Å². The Hall–Kier alpha value is -0.0800. The number of hydrogen-bond acceptors (Lipinski definition) is 2. The van der Waals surface area contributed by atoms with Gasteiger partial charge in [-0.15, -0.1) is 0 Å². The van der Waals surface area contributed by atoms with Crippen molar-refractivity contribution in [1.82, 2.24) is 5.32 Å². The van der Waals surface area contributed by atoms with Crippen LogP contribution in [0.2, 0.25) is 0 Å². The molecule has 2 atom stereocenters. The van der Waals surface area contributed by atoms with Crippen LogP contribution in [0.1, 0.15) is 67.2 Å². The smallest absolute Gasteiger partial charge is 0.0725 e. The molecule has 0 radical (unpaired) electrons. The Bertz CT molecular complexity index is 168. The first kappa shape index (κ1) is 16.9. The van der Waals surface area contributed by atoms with Gasteiger partial charge >= 0.3 is 0 Å². The van der Waals surface area contributed by atoms with Gasteiger partial charge in [0.2, 0.25) is 0 Å². The average Bonchev–Trinajstić information content (AvgIpc) is 2.23. The first-order valence-electron chi connectivity index (χ1n) is 7.29. The molecule has 0 saturated heterocycles. The third-order valence-corrected chi connectivity index (χ3v) is 3.10. The van der Waals surface area contributed by atoms with Gasteiger partial charge in [-0.05, 0) is 31.2 Å². The van der Waals surface area contributed by atoms with Crippen molar-refractivity contribution in [2.75, 3.05) is 13.2 Å². The van der Waals surface area contributed by atoms with Crippen molar-refractivity contribution in [2.45, 2.75) is 79.4 Å². The van der Waals surface area contributed by atoms with Gasteiger partial charge in [-0.3, -0.25) is 0 Å². The Balaban J connectivity index is 4.08. The topological polar surface area (TPSA) is 21.3 Å². The van der Waals surface area contributed by atoms with Gasteiger partial charge in [-0.2, -0.15) is 0 Å². The molecule has 2 nitrogen and oxygen atoms in total. The molecule has 0 aliphatic heterocycles. The van der Waals surface area contributed by atoms with Crippen LogP contribution in [-0.2, 0) is 4.74 Å². The molecule has 1 N–H and O–H groups in total. The molecule has 0 aromatic rings. The molecule has 104 valence electrons. The van der Waals surface area contributed by atoms with Crippen molar-refractivity contribution >= 4 is 0 Å². The van der Waals surface area contributed by atoms with Crippen LogP contribution < -0.4 is 5.32 Å². The highest BCUT2D eigenvalue weighted by Gasteiger charge is 2.19. The molecule has 0 saturated carbocycles. The van der Waals surface area contributed by atoms with Gasteiger partial charge in [0.25, 0.3) is 0 Å². The van der Waals surface area contributed by atoms with E-state index >= 15 is 0 Å². The van der Waals surface area contributed by atoms with Crippen LogP contribution >= 0.6 is 0 Å². The Morgan fingerprint density at radius 1 is 1.12 bits per heavy atom. The summed E-state index contributed by atoms with van der Waals surface area (Å²) in [5.74, 6) is 0. The summed E-state index contributed by atoms with van der Waals surface area (Å²) < 4.78 is 6.07. The van der Waals surface area contributed by atoms with Gasteiger partial charge in [0.15, 0.2) is 0 Å². The lowest BCUT2D eigenvalue weighted by Crippen LogP contribution is -2.41. The molecule has 2 heteroatoms. The van der Waals surface area contributed by atoms with Gasteiger partial charge < -0.3 is 10.1 Å². The van der Waals surface area contributed by atoms with E-state index in [0.717, 1.165) is 26.0 Å². The van der Waals surface area contributed by atoms with Crippen LogP contribution in [-0.4, -0.2) is 25.3 Å². The van der Waals surface area contributed by atoms with E-state index in [0.29, 0.717) is 17.6 Å². The molecule has 0 rings (SSSR count). The second kappa shape index (κ2) is 8.93. The third kappa shape index (κ3) is 8.62. The minimum atomic E-state index is 0.372. The number of hydrogen-bond donors (Lipinski definition) is 1. The summed E-state index contributed by atoms with van der Waals surface area (Å²) in [6.45, 7) is 15.4. The standard InChI is InChI=1S/C15H33NO/c1-7-10-13(16-9-3)14(8-2)17-12-11-15(4,5)6/h13-14,16H,7-12H2,1-6H3. The molecule has 0 fully saturated rings. The molecular formula is C15H33NO. The SMILES string of the molecule is CCCC(NCC)C(CC)OCCC(C)(C)C. The van der Waals surface area contributed by atoms with E-state index in [9.17, 15) is 0 Å². The second-order valence-corrected chi connectivity index (χ2v) is 6.08. The second-order valence-electron chi connectivity index (χ2n) is 6.08. The monoisotopic (exact) mass is 243 g/mol. The van der Waals surface area contributed by atoms with Crippen LogP contribution in [0.3, 0.4) is 0 Å². The lowest BCUT2D eigenvalue weighted by molar-refractivity contribution is 0.00993. The highest BCUT2D eigenvalue weighted by Crippen LogP contribution is 2.19. The normalized spacial score (nSPS) is 15.9. The maximum absolute atomic E-state index is 6.07. The first-order chi connectivity index (χ1) is 7.94. The first-order valence-corrected chi connectivity index (χ1v) is 7.29. The number of likely N-dealkylation sites (N-methyl/N-ethyl adjacent to an activating group) is 1. The zero-order valence-corrected chi connectivity index (χ0v) is 12.8. The maximum atomic E-state index is 6.07. The van der Waals surface area contributed by atoms with Crippen molar-refractivity contribution in [2.24, 2.45) is 5.41 Å². The highest BCUT2D eigenvalue weighted by atomic mass is 16.5. The van der Waals surface area contributed by atoms with Crippen molar-refractivity contribution in [3.63, 3.8) is 0 Å². The minimum absolute atomic E-state index is 0.372. The average molecular weight is 243 g/mol. The summed E-state index contributed by atoms with van der Waals surface area (Å²) >= 11 is 0. The predicted octanol–water partition coefficient (Wildman–Crippen LogP) is 4.00. The fourth-order valence-corrected chi connectivity index (χ4v) is 2.03. The Morgan fingerprint density at radius 3 is 2.18 bits per heavy atom. The molecule has 0 amide bonds. The van der Waals surface area contributed by atoms with Gasteiger partial charge in [0.05, 0.1) is 6.10 Å². The molecular weight excluding hydrogens is 210 g/mol. The fraction of sp³-hybridized carbons (Fsp3) is 1.00. The Kier molecular flexibility index (Phi) is 8.89. The van der Waals surface area contributed by atoms with Crippen molar-refractivity contribution in [3.05, 3.63) is 0 Å². The molecule has 0 aromatic heterocycles. The van der Waals surface area contributed by atoms with E-state index in [1.807, 2.05) is 0 Å². The molecule has 0 aliphatic carbocycles. The molecule has 0 aromatic carbocycles. The van der Waals surface area contributed by atoms with Crippen LogP contribution in [0, 0.1) is 5.41 Å². The highest BCUT2D eigenvalue weighted by molar-refractivity contribution is 4.76. The summed E-state index contributed by atoms with van der Waals surface area (Å²) in [4.78, 5) is 0. The van der Waals surface area contributed by atoms with E-state index in [1.165, 1.54) is 12.8 Å². The van der Waals surface area contributed by atoms with E-state index in [4.69, 9.17) is 4.74 Å². The zero-order valence-electron chi connectivity index (χ0n) is 12.8. The van der Waals surface area contributed by atoms with Crippen LogP contribution in [0.4, 0.5) is 0 Å². The Morgan fingerprint density at radius 2 is 1.76 bits per heavy atom. The molecule has 0 bridgehead atoms.